The second-order valence-corrected chi connectivity index (χ2v) is 12.7. The van der Waals surface area contributed by atoms with Crippen LogP contribution in [0.15, 0.2) is 84.2 Å². The molecule has 4 atom stereocenters. The zero-order valence-electron chi connectivity index (χ0n) is 23.4. The smallest absolute Gasteiger partial charge is 0.269 e. The number of rotatable bonds is 4. The van der Waals surface area contributed by atoms with E-state index in [9.17, 15) is 14.9 Å². The van der Waals surface area contributed by atoms with E-state index in [1.54, 1.807) is 24.5 Å². The van der Waals surface area contributed by atoms with Gasteiger partial charge < -0.3 is 4.90 Å². The number of non-ortho nitro benzene ring substituents is 1. The van der Waals surface area contributed by atoms with Gasteiger partial charge in [-0.3, -0.25) is 30.3 Å². The molecule has 2 aromatic heterocycles. The van der Waals surface area contributed by atoms with Gasteiger partial charge in [0.25, 0.3) is 5.69 Å². The van der Waals surface area contributed by atoms with Crippen LogP contribution < -0.4 is 10.3 Å². The fraction of sp³-hybridized carbons (Fsp3) is 0.375. The molecule has 208 valence electrons. The summed E-state index contributed by atoms with van der Waals surface area (Å²) in [6.07, 6.45) is 8.05. The van der Waals surface area contributed by atoms with Gasteiger partial charge in [-0.25, -0.2) is 0 Å². The number of hydrazone groups is 1. The Morgan fingerprint density at radius 2 is 1.66 bits per heavy atom. The number of pyridine rings is 2. The number of nitro benzene ring substituents is 1. The average Bonchev–Trinajstić information content (AvgIpc) is 3.48. The van der Waals surface area contributed by atoms with Crippen molar-refractivity contribution in [3.8, 4) is 0 Å². The molecule has 0 amide bonds. The highest BCUT2D eigenvalue weighted by atomic mass is 16.6. The van der Waals surface area contributed by atoms with Crippen LogP contribution in [0.2, 0.25) is 0 Å². The Kier molecular flexibility index (Phi) is 5.33. The predicted octanol–water partition coefficient (Wildman–Crippen LogP) is 5.39. The summed E-state index contributed by atoms with van der Waals surface area (Å²) in [5.74, 6) is 0.363. The minimum atomic E-state index is -0.800. The molecule has 4 aliphatic rings. The number of anilines is 1. The van der Waals surface area contributed by atoms with Gasteiger partial charge in [-0.15, -0.1) is 0 Å². The summed E-state index contributed by atoms with van der Waals surface area (Å²) in [4.78, 5) is 37.4. The molecule has 1 N–H and O–H groups in total. The Morgan fingerprint density at radius 1 is 0.976 bits per heavy atom. The van der Waals surface area contributed by atoms with E-state index in [-0.39, 0.29) is 22.8 Å². The van der Waals surface area contributed by atoms with E-state index in [1.165, 1.54) is 12.1 Å². The van der Waals surface area contributed by atoms with Gasteiger partial charge >= 0.3 is 0 Å². The zero-order valence-corrected chi connectivity index (χ0v) is 23.4. The lowest BCUT2D eigenvalue weighted by molar-refractivity contribution is -0.384. The summed E-state index contributed by atoms with van der Waals surface area (Å²) < 4.78 is 0. The molecule has 0 radical (unpaired) electrons. The Hall–Kier alpha value is -4.40. The summed E-state index contributed by atoms with van der Waals surface area (Å²) in [5.41, 5.74) is 4.99. The van der Waals surface area contributed by atoms with Crippen LogP contribution >= 0.6 is 0 Å². The molecule has 0 unspecified atom stereocenters. The number of hydrogen-bond donors (Lipinski definition) is 1. The van der Waals surface area contributed by atoms with E-state index in [1.807, 2.05) is 36.4 Å². The molecule has 3 fully saturated rings. The highest BCUT2D eigenvalue weighted by Crippen LogP contribution is 2.72. The molecule has 41 heavy (non-hydrogen) atoms. The van der Waals surface area contributed by atoms with Gasteiger partial charge in [-0.2, -0.15) is 5.10 Å². The molecule has 2 saturated carbocycles. The van der Waals surface area contributed by atoms with Crippen LogP contribution in [0.3, 0.4) is 0 Å². The van der Waals surface area contributed by atoms with Crippen molar-refractivity contribution >= 4 is 28.6 Å². The quantitative estimate of drug-likeness (QED) is 0.343. The number of aromatic nitrogens is 2. The summed E-state index contributed by atoms with van der Waals surface area (Å²) in [5, 5.41) is 16.4. The Bertz CT molecular complexity index is 1620. The maximum Gasteiger partial charge on any atom is 0.269 e. The molecule has 9 heteroatoms. The van der Waals surface area contributed by atoms with Crippen LogP contribution in [-0.2, 0) is 4.79 Å². The van der Waals surface area contributed by atoms with Gasteiger partial charge in [0, 0.05) is 42.2 Å². The monoisotopic (exact) mass is 548 g/mol. The van der Waals surface area contributed by atoms with E-state index >= 15 is 0 Å². The SMILES string of the molecule is CC1(C)[C@H]2CC[C@]1(C)C(=O)[C@]21C[C@@]2(C=C(c3ccccn3)NN=C2c2ccccn2)CN1c1ccc([N+](=O)[O-])cc1. The number of benzene rings is 1. The summed E-state index contributed by atoms with van der Waals surface area (Å²) in [6.45, 7) is 7.09. The summed E-state index contributed by atoms with van der Waals surface area (Å²) in [7, 11) is 0. The van der Waals surface area contributed by atoms with Gasteiger partial charge in [0.2, 0.25) is 0 Å². The molecule has 1 aromatic carbocycles. The molecule has 7 rings (SSSR count). The average molecular weight is 549 g/mol. The van der Waals surface area contributed by atoms with Gasteiger partial charge in [0.15, 0.2) is 5.78 Å². The van der Waals surface area contributed by atoms with Crippen molar-refractivity contribution in [2.24, 2.45) is 27.3 Å². The number of hydrogen-bond acceptors (Lipinski definition) is 8. The topological polar surface area (TPSA) is 114 Å². The summed E-state index contributed by atoms with van der Waals surface area (Å²) >= 11 is 0. The first-order valence-corrected chi connectivity index (χ1v) is 14.1. The lowest BCUT2D eigenvalue weighted by Crippen LogP contribution is -2.56. The maximum absolute atomic E-state index is 14.9. The first kappa shape index (κ1) is 25.6. The first-order chi connectivity index (χ1) is 19.6. The van der Waals surface area contributed by atoms with Gasteiger partial charge in [-0.05, 0) is 73.1 Å². The summed E-state index contributed by atoms with van der Waals surface area (Å²) in [6, 6.07) is 18.2. The molecule has 9 nitrogen and oxygen atoms in total. The minimum Gasteiger partial charge on any atom is -0.357 e. The predicted molar refractivity (Wildman–Crippen MR) is 156 cm³/mol. The highest BCUT2D eigenvalue weighted by molar-refractivity contribution is 6.10. The third-order valence-electron chi connectivity index (χ3n) is 10.6. The van der Waals surface area contributed by atoms with E-state index < -0.39 is 21.3 Å². The van der Waals surface area contributed by atoms with E-state index in [0.717, 1.165) is 41.3 Å². The van der Waals surface area contributed by atoms with Crippen molar-refractivity contribution < 1.29 is 9.72 Å². The lowest BCUT2D eigenvalue weighted by atomic mass is 9.67. The van der Waals surface area contributed by atoms with Gasteiger partial charge in [-0.1, -0.05) is 32.9 Å². The van der Waals surface area contributed by atoms with Crippen LogP contribution in [-0.4, -0.2) is 38.5 Å². The number of nitrogens with one attached hydrogen (secondary N) is 1. The number of carbonyl (C=O) groups excluding carboxylic acids is 1. The number of fused-ring (bicyclic) bond motifs is 3. The van der Waals surface area contributed by atoms with Crippen molar-refractivity contribution in [1.82, 2.24) is 15.4 Å². The molecule has 2 spiro atoms. The van der Waals surface area contributed by atoms with E-state index in [2.05, 4.69) is 47.1 Å². The first-order valence-electron chi connectivity index (χ1n) is 14.1. The Morgan fingerprint density at radius 3 is 2.24 bits per heavy atom. The fourth-order valence-corrected chi connectivity index (χ4v) is 8.35. The second kappa shape index (κ2) is 8.55. The zero-order chi connectivity index (χ0) is 28.6. The molecule has 2 aliphatic heterocycles. The van der Waals surface area contributed by atoms with Gasteiger partial charge in [0.1, 0.15) is 5.54 Å². The minimum absolute atomic E-state index is 0.0261. The molecule has 2 aliphatic carbocycles. The lowest BCUT2D eigenvalue weighted by Gasteiger charge is -2.43. The molecule has 1 saturated heterocycles. The normalized spacial score (nSPS) is 31.3. The molecular formula is C32H32N6O3. The second-order valence-electron chi connectivity index (χ2n) is 12.7. The maximum atomic E-state index is 14.9. The number of Topliss-reactive ketones (excluding diaryl/α,β-unsaturated/α-hetero) is 1. The standard InChI is InChI=1S/C32H32N6O3/c1-29(2)26-14-15-30(29,3)28(39)32(26)19-31(20-37(32)21-10-12-22(13-11-21)38(40)41)18-25(23-8-4-6-16-33-23)35-36-27(31)24-9-5-7-17-34-24/h4-13,16-18,26,35H,14-15,19-20H2,1-3H3/t26-,30-,31+,32+/m1/s1. The largest absolute Gasteiger partial charge is 0.357 e. The van der Waals surface area contributed by atoms with Crippen molar-refractivity contribution in [2.45, 2.75) is 45.6 Å². The van der Waals surface area contributed by atoms with Crippen molar-refractivity contribution in [3.63, 3.8) is 0 Å². The highest BCUT2D eigenvalue weighted by Gasteiger charge is 2.78. The van der Waals surface area contributed by atoms with E-state index in [0.29, 0.717) is 13.0 Å². The van der Waals surface area contributed by atoms with Crippen molar-refractivity contribution in [1.29, 1.82) is 0 Å². The van der Waals surface area contributed by atoms with Crippen LogP contribution in [0.1, 0.15) is 51.4 Å². The van der Waals surface area contributed by atoms with Crippen molar-refractivity contribution in [3.05, 3.63) is 101 Å². The third kappa shape index (κ3) is 3.35. The molecule has 2 bridgehead atoms. The molecular weight excluding hydrogens is 516 g/mol. The van der Waals surface area contributed by atoms with Crippen LogP contribution in [0.25, 0.3) is 5.70 Å². The molecule has 3 aromatic rings. The van der Waals surface area contributed by atoms with Crippen LogP contribution in [0.5, 0.6) is 0 Å². The molecule has 4 heterocycles. The fourth-order valence-electron chi connectivity index (χ4n) is 8.35. The number of ketones is 1. The van der Waals surface area contributed by atoms with E-state index in [4.69, 9.17) is 5.10 Å². The van der Waals surface area contributed by atoms with Crippen LogP contribution in [0, 0.1) is 32.3 Å². The number of carbonyl (C=O) groups is 1. The van der Waals surface area contributed by atoms with Gasteiger partial charge in [0.05, 0.1) is 33.1 Å². The number of nitro groups is 1. The van der Waals surface area contributed by atoms with Crippen LogP contribution in [0.4, 0.5) is 11.4 Å². The number of nitrogens with zero attached hydrogens (tertiary/aromatic N) is 5. The Labute approximate surface area is 238 Å². The van der Waals surface area contributed by atoms with Crippen molar-refractivity contribution in [2.75, 3.05) is 11.4 Å². The third-order valence-corrected chi connectivity index (χ3v) is 10.6. The Balaban J connectivity index is 1.45.